The van der Waals surface area contributed by atoms with E-state index in [1.807, 2.05) is 18.4 Å². The summed E-state index contributed by atoms with van der Waals surface area (Å²) in [5, 5.41) is 6.75. The van der Waals surface area contributed by atoms with Gasteiger partial charge in [-0.2, -0.15) is 4.98 Å². The standard InChI is InChI=1S/C12H19N5O3S/c1-3-13-6-10-5-11(8-17(10)4-2)21(18,19)15-7-12-14-9-20-16-12/h5,8-9,13,15H,3-4,6-7H2,1-2H3. The lowest BCUT2D eigenvalue weighted by Gasteiger charge is -2.05. The average molecular weight is 313 g/mol. The van der Waals surface area contributed by atoms with Crippen LogP contribution in [0.15, 0.2) is 28.1 Å². The van der Waals surface area contributed by atoms with Crippen LogP contribution in [0.1, 0.15) is 25.4 Å². The largest absolute Gasteiger partial charge is 0.349 e. The van der Waals surface area contributed by atoms with Crippen LogP contribution in [-0.4, -0.2) is 29.7 Å². The van der Waals surface area contributed by atoms with Crippen LogP contribution in [0.2, 0.25) is 0 Å². The third-order valence-corrected chi connectivity index (χ3v) is 4.36. The summed E-state index contributed by atoms with van der Waals surface area (Å²) >= 11 is 0. The van der Waals surface area contributed by atoms with Crippen LogP contribution in [-0.2, 0) is 29.7 Å². The zero-order valence-corrected chi connectivity index (χ0v) is 12.9. The molecule has 0 aliphatic heterocycles. The Morgan fingerprint density at radius 3 is 2.76 bits per heavy atom. The van der Waals surface area contributed by atoms with Crippen LogP contribution >= 0.6 is 0 Å². The van der Waals surface area contributed by atoms with E-state index in [9.17, 15) is 8.42 Å². The molecule has 0 aliphatic carbocycles. The Morgan fingerprint density at radius 2 is 2.14 bits per heavy atom. The maximum atomic E-state index is 12.3. The van der Waals surface area contributed by atoms with Gasteiger partial charge in [-0.25, -0.2) is 13.1 Å². The van der Waals surface area contributed by atoms with Crippen molar-refractivity contribution >= 4 is 10.0 Å². The quantitative estimate of drug-likeness (QED) is 0.735. The predicted octanol–water partition coefficient (Wildman–Crippen LogP) is 0.479. The molecule has 21 heavy (non-hydrogen) atoms. The zero-order valence-electron chi connectivity index (χ0n) is 12.0. The first kappa shape index (κ1) is 15.7. The number of hydrogen-bond donors (Lipinski definition) is 2. The highest BCUT2D eigenvalue weighted by atomic mass is 32.2. The molecule has 2 rings (SSSR count). The van der Waals surface area contributed by atoms with E-state index in [0.717, 1.165) is 18.6 Å². The van der Waals surface area contributed by atoms with Gasteiger partial charge >= 0.3 is 0 Å². The summed E-state index contributed by atoms with van der Waals surface area (Å²) < 4.78 is 33.4. The molecule has 0 radical (unpaired) electrons. The molecule has 2 N–H and O–H groups in total. The lowest BCUT2D eigenvalue weighted by atomic mass is 10.4. The Labute approximate surface area is 123 Å². The molecule has 0 aromatic carbocycles. The van der Waals surface area contributed by atoms with Gasteiger partial charge < -0.3 is 14.4 Å². The number of sulfonamides is 1. The molecule has 2 heterocycles. The Kier molecular flexibility index (Phi) is 5.10. The van der Waals surface area contributed by atoms with Crippen molar-refractivity contribution in [1.82, 2.24) is 24.7 Å². The predicted molar refractivity (Wildman–Crippen MR) is 75.8 cm³/mol. The Hall–Kier alpha value is -1.71. The van der Waals surface area contributed by atoms with Crippen molar-refractivity contribution in [1.29, 1.82) is 0 Å². The van der Waals surface area contributed by atoms with Crippen LogP contribution in [0.25, 0.3) is 0 Å². The molecular formula is C12H19N5O3S. The molecule has 0 aliphatic rings. The van der Waals surface area contributed by atoms with E-state index in [-0.39, 0.29) is 11.4 Å². The maximum absolute atomic E-state index is 12.3. The van der Waals surface area contributed by atoms with Gasteiger partial charge in [0.2, 0.25) is 16.4 Å². The van der Waals surface area contributed by atoms with E-state index in [1.54, 1.807) is 12.3 Å². The molecule has 0 saturated carbocycles. The Morgan fingerprint density at radius 1 is 1.33 bits per heavy atom. The van der Waals surface area contributed by atoms with E-state index in [2.05, 4.69) is 24.7 Å². The summed E-state index contributed by atoms with van der Waals surface area (Å²) in [5.41, 5.74) is 0.930. The van der Waals surface area contributed by atoms with Crippen molar-refractivity contribution in [2.24, 2.45) is 0 Å². The van der Waals surface area contributed by atoms with Crippen molar-refractivity contribution in [2.75, 3.05) is 6.54 Å². The number of aromatic nitrogens is 3. The topological polar surface area (TPSA) is 102 Å². The summed E-state index contributed by atoms with van der Waals surface area (Å²) in [4.78, 5) is 4.01. The van der Waals surface area contributed by atoms with E-state index < -0.39 is 10.0 Å². The molecule has 0 atom stereocenters. The number of nitrogens with one attached hydrogen (secondary N) is 2. The highest BCUT2D eigenvalue weighted by Gasteiger charge is 2.18. The molecule has 0 fully saturated rings. The monoisotopic (exact) mass is 313 g/mol. The highest BCUT2D eigenvalue weighted by Crippen LogP contribution is 2.15. The van der Waals surface area contributed by atoms with Crippen LogP contribution in [0.3, 0.4) is 0 Å². The van der Waals surface area contributed by atoms with Gasteiger partial charge in [0, 0.05) is 25.0 Å². The second-order valence-corrected chi connectivity index (χ2v) is 6.17. The smallest absolute Gasteiger partial charge is 0.242 e. The fourth-order valence-corrected chi connectivity index (χ4v) is 2.92. The highest BCUT2D eigenvalue weighted by molar-refractivity contribution is 7.89. The molecule has 0 spiro atoms. The first-order valence-corrected chi connectivity index (χ1v) is 8.19. The van der Waals surface area contributed by atoms with Gasteiger partial charge in [-0.15, -0.1) is 0 Å². The van der Waals surface area contributed by atoms with E-state index in [0.29, 0.717) is 18.9 Å². The maximum Gasteiger partial charge on any atom is 0.242 e. The molecule has 0 saturated heterocycles. The molecule has 8 nitrogen and oxygen atoms in total. The van der Waals surface area contributed by atoms with Crippen LogP contribution < -0.4 is 10.0 Å². The summed E-state index contributed by atoms with van der Waals surface area (Å²) in [6.45, 7) is 6.14. The molecule has 2 aromatic rings. The Bertz CT molecular complexity index is 663. The summed E-state index contributed by atoms with van der Waals surface area (Å²) in [6, 6.07) is 1.67. The van der Waals surface area contributed by atoms with Crippen molar-refractivity contribution < 1.29 is 12.9 Å². The second-order valence-electron chi connectivity index (χ2n) is 4.41. The van der Waals surface area contributed by atoms with Crippen molar-refractivity contribution in [3.8, 4) is 0 Å². The Balaban J connectivity index is 2.13. The molecule has 9 heteroatoms. The molecule has 0 unspecified atom stereocenters. The van der Waals surface area contributed by atoms with E-state index >= 15 is 0 Å². The minimum atomic E-state index is -3.59. The third kappa shape index (κ3) is 3.90. The van der Waals surface area contributed by atoms with Crippen molar-refractivity contribution in [2.45, 2.75) is 38.4 Å². The minimum absolute atomic E-state index is 0.00131. The van der Waals surface area contributed by atoms with E-state index in [1.165, 1.54) is 0 Å². The number of rotatable bonds is 8. The normalized spacial score (nSPS) is 11.9. The third-order valence-electron chi connectivity index (χ3n) is 3.00. The van der Waals surface area contributed by atoms with Crippen LogP contribution in [0, 0.1) is 0 Å². The SMILES string of the molecule is CCNCc1cc(S(=O)(=O)NCc2ncon2)cn1CC. The van der Waals surface area contributed by atoms with Gasteiger partial charge in [0.25, 0.3) is 0 Å². The summed E-state index contributed by atoms with van der Waals surface area (Å²) in [6.07, 6.45) is 2.79. The fraction of sp³-hybridized carbons (Fsp3) is 0.500. The molecule has 2 aromatic heterocycles. The van der Waals surface area contributed by atoms with Crippen LogP contribution in [0.5, 0.6) is 0 Å². The average Bonchev–Trinajstić information content (AvgIpc) is 3.12. The molecule has 116 valence electrons. The summed E-state index contributed by atoms with van der Waals surface area (Å²) in [7, 11) is -3.59. The lowest BCUT2D eigenvalue weighted by molar-refractivity contribution is 0.409. The van der Waals surface area contributed by atoms with Gasteiger partial charge in [-0.1, -0.05) is 12.1 Å². The van der Waals surface area contributed by atoms with Crippen molar-refractivity contribution in [3.63, 3.8) is 0 Å². The van der Waals surface area contributed by atoms with E-state index in [4.69, 9.17) is 0 Å². The van der Waals surface area contributed by atoms with Crippen LogP contribution in [0.4, 0.5) is 0 Å². The second kappa shape index (κ2) is 6.83. The molecular weight excluding hydrogens is 294 g/mol. The van der Waals surface area contributed by atoms with Gasteiger partial charge in [-0.3, -0.25) is 0 Å². The first-order valence-electron chi connectivity index (χ1n) is 6.71. The minimum Gasteiger partial charge on any atom is -0.349 e. The lowest BCUT2D eigenvalue weighted by Crippen LogP contribution is -2.23. The number of hydrogen-bond acceptors (Lipinski definition) is 6. The van der Waals surface area contributed by atoms with Crippen molar-refractivity contribution in [3.05, 3.63) is 30.2 Å². The van der Waals surface area contributed by atoms with Gasteiger partial charge in [0.1, 0.15) is 0 Å². The number of nitrogens with zero attached hydrogens (tertiary/aromatic N) is 3. The fourth-order valence-electron chi connectivity index (χ4n) is 1.88. The molecule has 0 bridgehead atoms. The van der Waals surface area contributed by atoms with Gasteiger partial charge in [0.15, 0.2) is 5.82 Å². The van der Waals surface area contributed by atoms with Gasteiger partial charge in [0.05, 0.1) is 11.4 Å². The first-order chi connectivity index (χ1) is 10.1. The number of aryl methyl sites for hydroxylation is 1. The zero-order chi connectivity index (χ0) is 15.3. The molecule has 0 amide bonds. The van der Waals surface area contributed by atoms with Gasteiger partial charge in [-0.05, 0) is 19.5 Å². The summed E-state index contributed by atoms with van der Waals surface area (Å²) in [5.74, 6) is 0.293.